The SMILES string of the molecule is CCNCc1nnc(Nc2cccc3cc(Br)cnc23)o1. The number of aromatic nitrogens is 3. The molecule has 3 aromatic rings. The average molecular weight is 348 g/mol. The summed E-state index contributed by atoms with van der Waals surface area (Å²) in [6.07, 6.45) is 1.76. The van der Waals surface area contributed by atoms with Crippen LogP contribution in [-0.4, -0.2) is 21.7 Å². The monoisotopic (exact) mass is 347 g/mol. The fourth-order valence-corrected chi connectivity index (χ4v) is 2.31. The van der Waals surface area contributed by atoms with Crippen molar-refractivity contribution in [3.05, 3.63) is 40.8 Å². The van der Waals surface area contributed by atoms with E-state index in [0.29, 0.717) is 18.5 Å². The molecule has 0 saturated heterocycles. The Labute approximate surface area is 130 Å². The van der Waals surface area contributed by atoms with Gasteiger partial charge in [-0.1, -0.05) is 24.2 Å². The first kappa shape index (κ1) is 14.0. The average Bonchev–Trinajstić information content (AvgIpc) is 2.92. The van der Waals surface area contributed by atoms with Crippen molar-refractivity contribution >= 4 is 38.5 Å². The maximum absolute atomic E-state index is 5.53. The van der Waals surface area contributed by atoms with Crippen molar-refractivity contribution in [2.45, 2.75) is 13.5 Å². The summed E-state index contributed by atoms with van der Waals surface area (Å²) in [5.74, 6) is 0.551. The van der Waals surface area contributed by atoms with E-state index in [9.17, 15) is 0 Å². The van der Waals surface area contributed by atoms with Gasteiger partial charge < -0.3 is 15.1 Å². The van der Waals surface area contributed by atoms with E-state index in [1.165, 1.54) is 0 Å². The lowest BCUT2D eigenvalue weighted by Gasteiger charge is -2.05. The molecule has 0 radical (unpaired) electrons. The molecule has 21 heavy (non-hydrogen) atoms. The highest BCUT2D eigenvalue weighted by Crippen LogP contribution is 2.26. The third kappa shape index (κ3) is 3.20. The maximum Gasteiger partial charge on any atom is 0.320 e. The van der Waals surface area contributed by atoms with Crippen molar-refractivity contribution in [2.75, 3.05) is 11.9 Å². The number of pyridine rings is 1. The van der Waals surface area contributed by atoms with E-state index >= 15 is 0 Å². The van der Waals surface area contributed by atoms with Crippen molar-refractivity contribution in [2.24, 2.45) is 0 Å². The minimum Gasteiger partial charge on any atom is -0.406 e. The second kappa shape index (κ2) is 6.19. The van der Waals surface area contributed by atoms with Crippen LogP contribution in [0.5, 0.6) is 0 Å². The van der Waals surface area contributed by atoms with Crippen LogP contribution in [-0.2, 0) is 6.54 Å². The molecule has 3 rings (SSSR count). The van der Waals surface area contributed by atoms with Crippen molar-refractivity contribution < 1.29 is 4.42 Å². The van der Waals surface area contributed by atoms with Gasteiger partial charge in [0.15, 0.2) is 0 Å². The highest BCUT2D eigenvalue weighted by atomic mass is 79.9. The molecule has 0 unspecified atom stereocenters. The zero-order chi connectivity index (χ0) is 14.7. The van der Waals surface area contributed by atoms with Crippen LogP contribution in [0.25, 0.3) is 10.9 Å². The highest BCUT2D eigenvalue weighted by molar-refractivity contribution is 9.10. The number of hydrogen-bond acceptors (Lipinski definition) is 6. The van der Waals surface area contributed by atoms with Gasteiger partial charge in [-0.2, -0.15) is 0 Å². The number of hydrogen-bond donors (Lipinski definition) is 2. The molecule has 0 amide bonds. The molecular weight excluding hydrogens is 334 g/mol. The molecular formula is C14H14BrN5O. The fraction of sp³-hybridized carbons (Fsp3) is 0.214. The number of anilines is 2. The number of benzene rings is 1. The molecule has 0 aliphatic rings. The Morgan fingerprint density at radius 2 is 2.19 bits per heavy atom. The Morgan fingerprint density at radius 1 is 1.29 bits per heavy atom. The number of nitrogens with zero attached hydrogens (tertiary/aromatic N) is 3. The summed E-state index contributed by atoms with van der Waals surface area (Å²) in [6.45, 7) is 3.44. The van der Waals surface area contributed by atoms with Gasteiger partial charge >= 0.3 is 6.01 Å². The first-order chi connectivity index (χ1) is 10.3. The van der Waals surface area contributed by atoms with Gasteiger partial charge in [0, 0.05) is 16.1 Å². The standard InChI is InChI=1S/C14H14BrN5O/c1-2-16-8-12-19-20-14(21-12)18-11-5-3-4-9-6-10(15)7-17-13(9)11/h3-7,16H,2,8H2,1H3,(H,18,20). The maximum atomic E-state index is 5.53. The summed E-state index contributed by atoms with van der Waals surface area (Å²) in [5, 5.41) is 15.2. The quantitative estimate of drug-likeness (QED) is 0.737. The fourth-order valence-electron chi connectivity index (χ4n) is 1.96. The number of nitrogens with one attached hydrogen (secondary N) is 2. The lowest BCUT2D eigenvalue weighted by atomic mass is 10.2. The predicted octanol–water partition coefficient (Wildman–Crippen LogP) is 3.23. The third-order valence-electron chi connectivity index (χ3n) is 2.91. The van der Waals surface area contributed by atoms with Gasteiger partial charge in [-0.15, -0.1) is 5.10 Å². The van der Waals surface area contributed by atoms with Crippen LogP contribution in [0.1, 0.15) is 12.8 Å². The van der Waals surface area contributed by atoms with Gasteiger partial charge in [0.05, 0.1) is 17.7 Å². The van der Waals surface area contributed by atoms with E-state index in [0.717, 1.165) is 27.6 Å². The minimum atomic E-state index is 0.361. The van der Waals surface area contributed by atoms with Gasteiger partial charge in [-0.3, -0.25) is 4.98 Å². The van der Waals surface area contributed by atoms with Gasteiger partial charge in [0.2, 0.25) is 5.89 Å². The Morgan fingerprint density at radius 3 is 3.05 bits per heavy atom. The minimum absolute atomic E-state index is 0.361. The molecule has 1 aromatic carbocycles. The molecule has 2 heterocycles. The second-order valence-corrected chi connectivity index (χ2v) is 5.35. The van der Waals surface area contributed by atoms with E-state index in [1.54, 1.807) is 6.20 Å². The molecule has 2 aromatic heterocycles. The molecule has 0 saturated carbocycles. The normalized spacial score (nSPS) is 11.0. The summed E-state index contributed by atoms with van der Waals surface area (Å²) in [6, 6.07) is 8.26. The van der Waals surface area contributed by atoms with E-state index in [-0.39, 0.29) is 0 Å². The van der Waals surface area contributed by atoms with Gasteiger partial charge in [0.1, 0.15) is 0 Å². The zero-order valence-electron chi connectivity index (χ0n) is 11.4. The summed E-state index contributed by atoms with van der Waals surface area (Å²) in [4.78, 5) is 4.42. The summed E-state index contributed by atoms with van der Waals surface area (Å²) < 4.78 is 6.47. The van der Waals surface area contributed by atoms with E-state index in [1.807, 2.05) is 31.2 Å². The van der Waals surface area contributed by atoms with Crippen molar-refractivity contribution in [1.29, 1.82) is 0 Å². The van der Waals surface area contributed by atoms with E-state index < -0.39 is 0 Å². The number of rotatable bonds is 5. The lowest BCUT2D eigenvalue weighted by molar-refractivity contribution is 0.484. The van der Waals surface area contributed by atoms with Crippen LogP contribution in [0, 0.1) is 0 Å². The Hall–Kier alpha value is -1.99. The Balaban J connectivity index is 1.86. The highest BCUT2D eigenvalue weighted by Gasteiger charge is 2.08. The van der Waals surface area contributed by atoms with Crippen LogP contribution in [0.3, 0.4) is 0 Å². The number of halogens is 1. The lowest BCUT2D eigenvalue weighted by Crippen LogP contribution is -2.11. The van der Waals surface area contributed by atoms with Crippen LogP contribution in [0.15, 0.2) is 39.4 Å². The Kier molecular flexibility index (Phi) is 4.12. The van der Waals surface area contributed by atoms with Crippen molar-refractivity contribution in [3.63, 3.8) is 0 Å². The van der Waals surface area contributed by atoms with Crippen LogP contribution in [0.2, 0.25) is 0 Å². The molecule has 108 valence electrons. The molecule has 0 spiro atoms. The third-order valence-corrected chi connectivity index (χ3v) is 3.35. The smallest absolute Gasteiger partial charge is 0.320 e. The van der Waals surface area contributed by atoms with Crippen LogP contribution in [0.4, 0.5) is 11.7 Å². The molecule has 0 bridgehead atoms. The van der Waals surface area contributed by atoms with E-state index in [2.05, 4.69) is 41.7 Å². The molecule has 0 fully saturated rings. The number of para-hydroxylation sites is 1. The predicted molar refractivity (Wildman–Crippen MR) is 84.4 cm³/mol. The van der Waals surface area contributed by atoms with E-state index in [4.69, 9.17) is 4.42 Å². The molecule has 0 aliphatic heterocycles. The van der Waals surface area contributed by atoms with Gasteiger partial charge in [-0.05, 0) is 34.6 Å². The number of fused-ring (bicyclic) bond motifs is 1. The zero-order valence-corrected chi connectivity index (χ0v) is 13.0. The first-order valence-corrected chi connectivity index (χ1v) is 7.40. The molecule has 0 aliphatic carbocycles. The van der Waals surface area contributed by atoms with Gasteiger partial charge in [0.25, 0.3) is 0 Å². The topological polar surface area (TPSA) is 75.9 Å². The summed E-state index contributed by atoms with van der Waals surface area (Å²) >= 11 is 3.42. The molecule has 2 N–H and O–H groups in total. The largest absolute Gasteiger partial charge is 0.406 e. The molecule has 7 heteroatoms. The first-order valence-electron chi connectivity index (χ1n) is 6.60. The second-order valence-electron chi connectivity index (χ2n) is 4.44. The van der Waals surface area contributed by atoms with Crippen LogP contribution >= 0.6 is 15.9 Å². The van der Waals surface area contributed by atoms with Crippen LogP contribution < -0.4 is 10.6 Å². The van der Waals surface area contributed by atoms with Crippen molar-refractivity contribution in [3.8, 4) is 0 Å². The van der Waals surface area contributed by atoms with Crippen molar-refractivity contribution in [1.82, 2.24) is 20.5 Å². The summed E-state index contributed by atoms with van der Waals surface area (Å²) in [5.41, 5.74) is 1.69. The Bertz CT molecular complexity index is 758. The molecule has 6 nitrogen and oxygen atoms in total. The molecule has 0 atom stereocenters. The summed E-state index contributed by atoms with van der Waals surface area (Å²) in [7, 11) is 0. The van der Waals surface area contributed by atoms with Gasteiger partial charge in [-0.25, -0.2) is 0 Å².